The van der Waals surface area contributed by atoms with Gasteiger partial charge in [0.05, 0.1) is 17.6 Å². The lowest BCUT2D eigenvalue weighted by Gasteiger charge is -2.30. The summed E-state index contributed by atoms with van der Waals surface area (Å²) in [6.07, 6.45) is 5.82. The number of nitrogens with two attached hydrogens (primary N) is 2. The van der Waals surface area contributed by atoms with Gasteiger partial charge in [0, 0.05) is 10.4 Å². The van der Waals surface area contributed by atoms with Crippen molar-refractivity contribution in [2.45, 2.75) is 37.8 Å². The molecule has 22 heavy (non-hydrogen) atoms. The molecule has 1 aromatic heterocycles. The Morgan fingerprint density at radius 2 is 2.05 bits per heavy atom. The molecule has 0 amide bonds. The first-order chi connectivity index (χ1) is 10.6. The van der Waals surface area contributed by atoms with E-state index in [0.717, 1.165) is 42.4 Å². The van der Waals surface area contributed by atoms with E-state index in [4.69, 9.17) is 23.1 Å². The van der Waals surface area contributed by atoms with Crippen molar-refractivity contribution in [3.05, 3.63) is 29.5 Å². The van der Waals surface area contributed by atoms with E-state index in [-0.39, 0.29) is 18.0 Å². The smallest absolute Gasteiger partial charge is 0.186 e. The van der Waals surface area contributed by atoms with Crippen LogP contribution in [-0.2, 0) is 0 Å². The summed E-state index contributed by atoms with van der Waals surface area (Å²) < 4.78 is 0. The van der Waals surface area contributed by atoms with E-state index >= 15 is 0 Å². The zero-order valence-electron chi connectivity index (χ0n) is 12.2. The second-order valence-corrected chi connectivity index (χ2v) is 5.98. The summed E-state index contributed by atoms with van der Waals surface area (Å²) in [7, 11) is 0. The van der Waals surface area contributed by atoms with Crippen LogP contribution in [0.1, 0.15) is 25.7 Å². The van der Waals surface area contributed by atoms with Crippen molar-refractivity contribution >= 4 is 34.3 Å². The molecule has 1 saturated carbocycles. The van der Waals surface area contributed by atoms with E-state index in [0.29, 0.717) is 5.02 Å². The number of nitrogens with one attached hydrogen (secondary N) is 1. The molecule has 0 saturated heterocycles. The molecule has 2 atom stereocenters. The van der Waals surface area contributed by atoms with E-state index in [2.05, 4.69) is 20.3 Å². The summed E-state index contributed by atoms with van der Waals surface area (Å²) >= 11 is 6.09. The topological polar surface area (TPSA) is 102 Å². The van der Waals surface area contributed by atoms with Crippen molar-refractivity contribution in [2.24, 2.45) is 16.5 Å². The predicted molar refractivity (Wildman–Crippen MR) is 90.0 cm³/mol. The van der Waals surface area contributed by atoms with Crippen molar-refractivity contribution in [3.8, 4) is 0 Å². The Morgan fingerprint density at radius 1 is 1.23 bits per heavy atom. The maximum atomic E-state index is 6.09. The Hall–Kier alpha value is -2.08. The molecular formula is C15H19ClN6. The standard InChI is InChI=1S/C15H19ClN6/c16-9-5-6-11-10(7-9)14(20-8-19-11)21-12-3-1-2-4-13(12)22-15(17)18/h5-8,12-13H,1-4H2,(H4,17,18,22)(H,19,20,21)/t12-,13+/m0/s1. The van der Waals surface area contributed by atoms with Gasteiger partial charge in [-0.1, -0.05) is 24.4 Å². The summed E-state index contributed by atoms with van der Waals surface area (Å²) in [5, 5.41) is 5.05. The van der Waals surface area contributed by atoms with Gasteiger partial charge in [-0.25, -0.2) is 15.0 Å². The fraction of sp³-hybridized carbons (Fsp3) is 0.400. The van der Waals surface area contributed by atoms with Gasteiger partial charge < -0.3 is 16.8 Å². The number of fused-ring (bicyclic) bond motifs is 1. The first kappa shape index (κ1) is 14.8. The molecule has 6 nitrogen and oxygen atoms in total. The number of nitrogens with zero attached hydrogens (tertiary/aromatic N) is 3. The molecule has 1 fully saturated rings. The van der Waals surface area contributed by atoms with Gasteiger partial charge in [0.25, 0.3) is 0 Å². The first-order valence-corrected chi connectivity index (χ1v) is 7.77. The Labute approximate surface area is 134 Å². The number of benzene rings is 1. The van der Waals surface area contributed by atoms with Crippen LogP contribution in [0.4, 0.5) is 5.82 Å². The monoisotopic (exact) mass is 318 g/mol. The minimum atomic E-state index is 0.0722. The van der Waals surface area contributed by atoms with Gasteiger partial charge in [-0.3, -0.25) is 0 Å². The highest BCUT2D eigenvalue weighted by atomic mass is 35.5. The number of aliphatic imine (C=N–C) groups is 1. The molecule has 1 aliphatic carbocycles. The summed E-state index contributed by atoms with van der Waals surface area (Å²) in [6, 6.07) is 5.82. The highest BCUT2D eigenvalue weighted by molar-refractivity contribution is 6.31. The zero-order valence-corrected chi connectivity index (χ0v) is 12.9. The number of hydrogen-bond donors (Lipinski definition) is 3. The van der Waals surface area contributed by atoms with Crippen LogP contribution >= 0.6 is 11.6 Å². The molecular weight excluding hydrogens is 300 g/mol. The first-order valence-electron chi connectivity index (χ1n) is 7.39. The molecule has 7 heteroatoms. The number of guanidine groups is 1. The van der Waals surface area contributed by atoms with E-state index in [1.807, 2.05) is 18.2 Å². The van der Waals surface area contributed by atoms with Crippen LogP contribution in [0.25, 0.3) is 10.9 Å². The van der Waals surface area contributed by atoms with Crippen molar-refractivity contribution in [2.75, 3.05) is 5.32 Å². The van der Waals surface area contributed by atoms with Gasteiger partial charge in [-0.15, -0.1) is 0 Å². The van der Waals surface area contributed by atoms with Crippen molar-refractivity contribution < 1.29 is 0 Å². The van der Waals surface area contributed by atoms with E-state index in [9.17, 15) is 0 Å². The number of anilines is 1. The van der Waals surface area contributed by atoms with Gasteiger partial charge in [0.1, 0.15) is 12.1 Å². The summed E-state index contributed by atoms with van der Waals surface area (Å²) in [4.78, 5) is 13.0. The molecule has 2 aromatic rings. The largest absolute Gasteiger partial charge is 0.370 e. The molecule has 0 radical (unpaired) electrons. The highest BCUT2D eigenvalue weighted by Gasteiger charge is 2.25. The molecule has 1 heterocycles. The molecule has 5 N–H and O–H groups in total. The summed E-state index contributed by atoms with van der Waals surface area (Å²) in [5.41, 5.74) is 11.9. The molecule has 0 aliphatic heterocycles. The van der Waals surface area contributed by atoms with Crippen molar-refractivity contribution in [1.82, 2.24) is 9.97 Å². The van der Waals surface area contributed by atoms with Gasteiger partial charge >= 0.3 is 0 Å². The third kappa shape index (κ3) is 3.22. The fourth-order valence-corrected chi connectivity index (χ4v) is 3.12. The molecule has 0 bridgehead atoms. The number of aromatic nitrogens is 2. The van der Waals surface area contributed by atoms with Crippen molar-refractivity contribution in [3.63, 3.8) is 0 Å². The average Bonchev–Trinajstić information content (AvgIpc) is 2.49. The molecule has 1 aromatic carbocycles. The average molecular weight is 319 g/mol. The molecule has 1 aliphatic rings. The van der Waals surface area contributed by atoms with Crippen LogP contribution in [0.15, 0.2) is 29.5 Å². The quantitative estimate of drug-likeness (QED) is 0.595. The Morgan fingerprint density at radius 3 is 2.86 bits per heavy atom. The Balaban J connectivity index is 1.91. The maximum absolute atomic E-state index is 6.09. The Kier molecular flexibility index (Phi) is 4.29. The van der Waals surface area contributed by atoms with Crippen LogP contribution in [0.2, 0.25) is 5.02 Å². The van der Waals surface area contributed by atoms with Gasteiger partial charge in [-0.05, 0) is 31.0 Å². The second kappa shape index (κ2) is 6.36. The van der Waals surface area contributed by atoms with Crippen molar-refractivity contribution in [1.29, 1.82) is 0 Å². The molecule has 0 unspecified atom stereocenters. The second-order valence-electron chi connectivity index (χ2n) is 5.54. The highest BCUT2D eigenvalue weighted by Crippen LogP contribution is 2.28. The third-order valence-electron chi connectivity index (χ3n) is 3.96. The summed E-state index contributed by atoms with van der Waals surface area (Å²) in [5.74, 6) is 0.907. The lowest BCUT2D eigenvalue weighted by Crippen LogP contribution is -2.38. The fourth-order valence-electron chi connectivity index (χ4n) is 2.95. The van der Waals surface area contributed by atoms with Crippen LogP contribution in [0, 0.1) is 0 Å². The number of rotatable bonds is 3. The molecule has 0 spiro atoms. The third-order valence-corrected chi connectivity index (χ3v) is 4.20. The normalized spacial score (nSPS) is 21.5. The van der Waals surface area contributed by atoms with Crippen LogP contribution in [-0.4, -0.2) is 28.0 Å². The van der Waals surface area contributed by atoms with Crippen LogP contribution in [0.3, 0.4) is 0 Å². The van der Waals surface area contributed by atoms with E-state index < -0.39 is 0 Å². The van der Waals surface area contributed by atoms with Gasteiger partial charge in [0.15, 0.2) is 5.96 Å². The maximum Gasteiger partial charge on any atom is 0.186 e. The van der Waals surface area contributed by atoms with Gasteiger partial charge in [0.2, 0.25) is 0 Å². The number of halogens is 1. The minimum Gasteiger partial charge on any atom is -0.370 e. The number of hydrogen-bond acceptors (Lipinski definition) is 4. The predicted octanol–water partition coefficient (Wildman–Crippen LogP) is 2.28. The minimum absolute atomic E-state index is 0.0722. The SMILES string of the molecule is NC(N)=N[C@@H]1CCCC[C@@H]1Nc1ncnc2ccc(Cl)cc12. The van der Waals surface area contributed by atoms with E-state index in [1.165, 1.54) is 0 Å². The van der Waals surface area contributed by atoms with Gasteiger partial charge in [-0.2, -0.15) is 0 Å². The summed E-state index contributed by atoms with van der Waals surface area (Å²) in [6.45, 7) is 0. The lowest BCUT2D eigenvalue weighted by molar-refractivity contribution is 0.405. The lowest BCUT2D eigenvalue weighted by atomic mass is 9.90. The van der Waals surface area contributed by atoms with E-state index in [1.54, 1.807) is 6.33 Å². The zero-order chi connectivity index (χ0) is 15.5. The molecule has 3 rings (SSSR count). The Bertz CT molecular complexity index is 697. The van der Waals surface area contributed by atoms with Crippen LogP contribution in [0.5, 0.6) is 0 Å². The molecule has 116 valence electrons. The van der Waals surface area contributed by atoms with Crippen LogP contribution < -0.4 is 16.8 Å².